The Hall–Kier alpha value is -2.77. The number of nitrogens with one attached hydrogen (secondary N) is 2. The van der Waals surface area contributed by atoms with Gasteiger partial charge in [-0.2, -0.15) is 0 Å². The van der Waals surface area contributed by atoms with Crippen molar-refractivity contribution in [2.24, 2.45) is 5.92 Å². The Balaban J connectivity index is 0.00000192. The summed E-state index contributed by atoms with van der Waals surface area (Å²) in [5.41, 5.74) is 4.10. The van der Waals surface area contributed by atoms with E-state index in [1.54, 1.807) is 18.6 Å². The van der Waals surface area contributed by atoms with Gasteiger partial charge in [0.05, 0.1) is 17.8 Å². The molecule has 1 aliphatic rings. The minimum Gasteiger partial charge on any atom is -0.476 e. The van der Waals surface area contributed by atoms with Gasteiger partial charge in [0.2, 0.25) is 5.88 Å². The number of hydrogen-bond acceptors (Lipinski definition) is 6. The molecule has 0 amide bonds. The van der Waals surface area contributed by atoms with Crippen molar-refractivity contribution in [3.63, 3.8) is 0 Å². The number of nitrogens with zero attached hydrogens (tertiary/aromatic N) is 4. The van der Waals surface area contributed by atoms with Crippen LogP contribution in [0.25, 0.3) is 33.3 Å². The van der Waals surface area contributed by atoms with Crippen LogP contribution in [0, 0.1) is 5.92 Å². The van der Waals surface area contributed by atoms with Crippen LogP contribution in [-0.4, -0.2) is 44.6 Å². The van der Waals surface area contributed by atoms with Crippen molar-refractivity contribution < 1.29 is 4.74 Å². The molecule has 0 aromatic carbocycles. The van der Waals surface area contributed by atoms with Crippen LogP contribution in [0.3, 0.4) is 0 Å². The second kappa shape index (κ2) is 8.08. The van der Waals surface area contributed by atoms with Crippen molar-refractivity contribution >= 4 is 34.5 Å². The molecule has 0 saturated carbocycles. The predicted octanol–water partition coefficient (Wildman–Crippen LogP) is 3.37. The summed E-state index contributed by atoms with van der Waals surface area (Å²) in [6.45, 7) is 2.70. The van der Waals surface area contributed by atoms with Gasteiger partial charge in [0.15, 0.2) is 5.52 Å². The summed E-state index contributed by atoms with van der Waals surface area (Å²) < 4.78 is 6.13. The molecule has 4 aromatic heterocycles. The van der Waals surface area contributed by atoms with E-state index in [2.05, 4.69) is 25.3 Å². The molecule has 5 rings (SSSR count). The first-order valence-electron chi connectivity index (χ1n) is 9.26. The molecule has 28 heavy (non-hydrogen) atoms. The van der Waals surface area contributed by atoms with Gasteiger partial charge in [0, 0.05) is 48.2 Å². The highest BCUT2D eigenvalue weighted by Crippen LogP contribution is 2.31. The van der Waals surface area contributed by atoms with Crippen LogP contribution in [0.15, 0.2) is 43.0 Å². The monoisotopic (exact) mass is 396 g/mol. The molecule has 1 aliphatic heterocycles. The molecule has 1 saturated heterocycles. The number of pyridine rings is 2. The van der Waals surface area contributed by atoms with Crippen LogP contribution in [0.5, 0.6) is 5.88 Å². The highest BCUT2D eigenvalue weighted by atomic mass is 35.5. The van der Waals surface area contributed by atoms with Crippen LogP contribution in [0.2, 0.25) is 0 Å². The molecule has 2 N–H and O–H groups in total. The fourth-order valence-electron chi connectivity index (χ4n) is 3.61. The maximum Gasteiger partial charge on any atom is 0.242 e. The van der Waals surface area contributed by atoms with Crippen LogP contribution < -0.4 is 10.1 Å². The number of aromatic amines is 1. The minimum absolute atomic E-state index is 0. The number of ether oxygens (including phenoxy) is 1. The molecule has 1 atom stereocenters. The molecule has 7 nitrogen and oxygen atoms in total. The lowest BCUT2D eigenvalue weighted by molar-refractivity contribution is 0.214. The summed E-state index contributed by atoms with van der Waals surface area (Å²) in [7, 11) is 0. The molecule has 0 bridgehead atoms. The van der Waals surface area contributed by atoms with E-state index in [0.29, 0.717) is 23.9 Å². The van der Waals surface area contributed by atoms with Gasteiger partial charge in [0.25, 0.3) is 0 Å². The maximum absolute atomic E-state index is 6.13. The van der Waals surface area contributed by atoms with E-state index in [1.165, 1.54) is 12.8 Å². The summed E-state index contributed by atoms with van der Waals surface area (Å²) in [6, 6.07) is 5.91. The zero-order valence-electron chi connectivity index (χ0n) is 15.3. The highest BCUT2D eigenvalue weighted by Gasteiger charge is 2.17. The van der Waals surface area contributed by atoms with Crippen molar-refractivity contribution in [3.8, 4) is 17.1 Å². The van der Waals surface area contributed by atoms with Gasteiger partial charge in [-0.05, 0) is 37.6 Å². The molecule has 0 radical (unpaired) electrons. The lowest BCUT2D eigenvalue weighted by Gasteiger charge is -2.22. The third kappa shape index (κ3) is 3.50. The van der Waals surface area contributed by atoms with Crippen molar-refractivity contribution in [1.82, 2.24) is 30.2 Å². The summed E-state index contributed by atoms with van der Waals surface area (Å²) >= 11 is 0. The van der Waals surface area contributed by atoms with Gasteiger partial charge in [-0.1, -0.05) is 0 Å². The summed E-state index contributed by atoms with van der Waals surface area (Å²) in [5.74, 6) is 1.03. The molecule has 4 aromatic rings. The Kier molecular flexibility index (Phi) is 5.36. The summed E-state index contributed by atoms with van der Waals surface area (Å²) in [4.78, 5) is 21.3. The standard InChI is InChI=1S/C20H20N6O.ClH/c1-3-13(10-21-5-1)12-27-20-18-17(22-7-8-23-18)9-16(26-20)15-11-25-19-14(15)4-2-6-24-19;/h2,4,6-9,11,13,21H,1,3,5,10,12H2,(H,24,25);1H/t13-;/m0./s1. The first-order valence-corrected chi connectivity index (χ1v) is 9.26. The predicted molar refractivity (Wildman–Crippen MR) is 111 cm³/mol. The Morgan fingerprint density at radius 1 is 1.14 bits per heavy atom. The normalized spacial score (nSPS) is 16.8. The van der Waals surface area contributed by atoms with E-state index in [0.717, 1.165) is 40.9 Å². The largest absolute Gasteiger partial charge is 0.476 e. The van der Waals surface area contributed by atoms with Crippen LogP contribution in [-0.2, 0) is 0 Å². The van der Waals surface area contributed by atoms with Crippen molar-refractivity contribution in [3.05, 3.63) is 43.0 Å². The first kappa shape index (κ1) is 18.6. The van der Waals surface area contributed by atoms with E-state index in [9.17, 15) is 0 Å². The number of H-pyrrole nitrogens is 1. The topological polar surface area (TPSA) is 88.6 Å². The number of rotatable bonds is 4. The minimum atomic E-state index is 0. The summed E-state index contributed by atoms with van der Waals surface area (Å²) in [5, 5.41) is 4.45. The molecule has 0 spiro atoms. The summed E-state index contributed by atoms with van der Waals surface area (Å²) in [6.07, 6.45) is 9.42. The van der Waals surface area contributed by atoms with E-state index < -0.39 is 0 Å². The van der Waals surface area contributed by atoms with Gasteiger partial charge in [-0.3, -0.25) is 4.98 Å². The average Bonchev–Trinajstić information content (AvgIpc) is 3.17. The Labute approximate surface area is 168 Å². The number of piperidine rings is 1. The van der Waals surface area contributed by atoms with Crippen LogP contribution in [0.4, 0.5) is 0 Å². The smallest absolute Gasteiger partial charge is 0.242 e. The first-order chi connectivity index (χ1) is 13.4. The Morgan fingerprint density at radius 2 is 2.07 bits per heavy atom. The number of halogens is 1. The fraction of sp³-hybridized carbons (Fsp3) is 0.300. The van der Waals surface area contributed by atoms with Crippen molar-refractivity contribution in [1.29, 1.82) is 0 Å². The lowest BCUT2D eigenvalue weighted by Crippen LogP contribution is -2.33. The molecule has 144 valence electrons. The zero-order valence-corrected chi connectivity index (χ0v) is 16.1. The molecular weight excluding hydrogens is 376 g/mol. The average molecular weight is 397 g/mol. The maximum atomic E-state index is 6.13. The lowest BCUT2D eigenvalue weighted by atomic mass is 10.0. The van der Waals surface area contributed by atoms with Gasteiger partial charge in [-0.25, -0.2) is 15.0 Å². The third-order valence-electron chi connectivity index (χ3n) is 5.01. The van der Waals surface area contributed by atoms with Crippen LogP contribution in [0.1, 0.15) is 12.8 Å². The van der Waals surface area contributed by atoms with Gasteiger partial charge in [0.1, 0.15) is 5.65 Å². The van der Waals surface area contributed by atoms with E-state index in [4.69, 9.17) is 9.72 Å². The number of fused-ring (bicyclic) bond motifs is 2. The number of hydrogen-bond donors (Lipinski definition) is 2. The highest BCUT2D eigenvalue weighted by molar-refractivity contribution is 5.94. The van der Waals surface area contributed by atoms with Crippen molar-refractivity contribution in [2.75, 3.05) is 19.7 Å². The van der Waals surface area contributed by atoms with Gasteiger partial charge < -0.3 is 15.0 Å². The SMILES string of the molecule is Cl.c1cnc2[nH]cc(-c3cc4nccnc4c(OC[C@H]4CCCNC4)n3)c2c1. The van der Waals surface area contributed by atoms with E-state index in [-0.39, 0.29) is 12.4 Å². The van der Waals surface area contributed by atoms with E-state index in [1.807, 2.05) is 24.4 Å². The van der Waals surface area contributed by atoms with Crippen LogP contribution >= 0.6 is 12.4 Å². The molecule has 0 aliphatic carbocycles. The Bertz CT molecular complexity index is 1090. The zero-order chi connectivity index (χ0) is 18.1. The van der Waals surface area contributed by atoms with E-state index >= 15 is 0 Å². The molecule has 0 unspecified atom stereocenters. The van der Waals surface area contributed by atoms with Crippen molar-refractivity contribution in [2.45, 2.75) is 12.8 Å². The molecular formula is C20H21ClN6O. The third-order valence-corrected chi connectivity index (χ3v) is 5.01. The molecule has 1 fully saturated rings. The quantitative estimate of drug-likeness (QED) is 0.549. The second-order valence-electron chi connectivity index (χ2n) is 6.86. The fourth-order valence-corrected chi connectivity index (χ4v) is 3.61. The number of aromatic nitrogens is 5. The molecule has 5 heterocycles. The van der Waals surface area contributed by atoms with Gasteiger partial charge in [-0.15, -0.1) is 12.4 Å². The molecule has 8 heteroatoms. The second-order valence-corrected chi connectivity index (χ2v) is 6.86. The van der Waals surface area contributed by atoms with Gasteiger partial charge >= 0.3 is 0 Å². The Morgan fingerprint density at radius 3 is 2.96 bits per heavy atom.